The second-order valence-electron chi connectivity index (χ2n) is 4.68. The lowest BCUT2D eigenvalue weighted by molar-refractivity contribution is 0.649. The monoisotopic (exact) mass is 321 g/mol. The number of rotatable bonds is 5. The predicted octanol–water partition coefficient (Wildman–Crippen LogP) is 3.87. The molecule has 0 amide bonds. The molecule has 102 valence electrons. The van der Waals surface area contributed by atoms with Crippen molar-refractivity contribution in [2.75, 3.05) is 7.05 Å². The largest absolute Gasteiger partial charge is 0.313 e. The van der Waals surface area contributed by atoms with Gasteiger partial charge in [-0.3, -0.25) is 0 Å². The average molecular weight is 322 g/mol. The number of hydrogen-bond donors (Lipinski definition) is 1. The third-order valence-corrected chi connectivity index (χ3v) is 4.04. The van der Waals surface area contributed by atoms with E-state index in [1.54, 1.807) is 0 Å². The third kappa shape index (κ3) is 3.07. The Labute approximate surface area is 123 Å². The van der Waals surface area contributed by atoms with Crippen molar-refractivity contribution in [1.82, 2.24) is 14.9 Å². The second kappa shape index (κ2) is 6.35. The Morgan fingerprint density at radius 1 is 1.42 bits per heavy atom. The molecule has 1 N–H and O–H groups in total. The summed E-state index contributed by atoms with van der Waals surface area (Å²) in [6, 6.07) is 6.80. The minimum absolute atomic E-state index is 0.335. The molecule has 1 unspecified atom stereocenters. The number of aromatic nitrogens is 2. The molecule has 2 rings (SSSR count). The van der Waals surface area contributed by atoms with Crippen LogP contribution in [0.2, 0.25) is 0 Å². The molecule has 1 aromatic carbocycles. The van der Waals surface area contributed by atoms with E-state index in [2.05, 4.69) is 62.8 Å². The van der Waals surface area contributed by atoms with Crippen molar-refractivity contribution in [3.05, 3.63) is 46.5 Å². The van der Waals surface area contributed by atoms with Gasteiger partial charge in [-0.05, 0) is 38.1 Å². The van der Waals surface area contributed by atoms with Gasteiger partial charge >= 0.3 is 0 Å². The molecule has 1 aromatic heterocycles. The van der Waals surface area contributed by atoms with Gasteiger partial charge in [-0.2, -0.15) is 0 Å². The molecular weight excluding hydrogens is 302 g/mol. The maximum atomic E-state index is 4.42. The highest BCUT2D eigenvalue weighted by molar-refractivity contribution is 9.10. The first kappa shape index (κ1) is 14.3. The Bertz CT molecular complexity index is 548. The summed E-state index contributed by atoms with van der Waals surface area (Å²) < 4.78 is 3.28. The van der Waals surface area contributed by atoms with Crippen molar-refractivity contribution < 1.29 is 0 Å². The van der Waals surface area contributed by atoms with Crippen molar-refractivity contribution in [3.63, 3.8) is 0 Å². The van der Waals surface area contributed by atoms with Crippen LogP contribution in [0.25, 0.3) is 5.69 Å². The maximum absolute atomic E-state index is 4.42. The lowest BCUT2D eigenvalue weighted by Crippen LogP contribution is -2.13. The number of imidazole rings is 1. The van der Waals surface area contributed by atoms with Gasteiger partial charge in [-0.1, -0.05) is 28.9 Å². The van der Waals surface area contributed by atoms with E-state index in [4.69, 9.17) is 0 Å². The number of nitrogens with zero attached hydrogens (tertiary/aromatic N) is 2. The van der Waals surface area contributed by atoms with Gasteiger partial charge in [0.1, 0.15) is 5.82 Å². The summed E-state index contributed by atoms with van der Waals surface area (Å²) in [7, 11) is 1.97. The number of hydrogen-bond acceptors (Lipinski definition) is 2. The molecule has 0 saturated heterocycles. The van der Waals surface area contributed by atoms with Crippen molar-refractivity contribution >= 4 is 15.9 Å². The van der Waals surface area contributed by atoms with E-state index in [9.17, 15) is 0 Å². The Hall–Kier alpha value is -1.13. The summed E-state index contributed by atoms with van der Waals surface area (Å²) >= 11 is 3.66. The van der Waals surface area contributed by atoms with Crippen LogP contribution in [0.5, 0.6) is 0 Å². The molecule has 0 spiro atoms. The van der Waals surface area contributed by atoms with E-state index in [-0.39, 0.29) is 0 Å². The Balaban J connectivity index is 2.36. The van der Waals surface area contributed by atoms with E-state index >= 15 is 0 Å². The minimum atomic E-state index is 0.335. The summed E-state index contributed by atoms with van der Waals surface area (Å²) in [6.45, 7) is 4.33. The number of aryl methyl sites for hydroxylation is 1. The van der Waals surface area contributed by atoms with Gasteiger partial charge in [0.2, 0.25) is 0 Å². The molecular formula is C15H20BrN3. The van der Waals surface area contributed by atoms with E-state index in [1.165, 1.54) is 5.56 Å². The molecule has 1 heterocycles. The first-order valence-electron chi connectivity index (χ1n) is 6.66. The van der Waals surface area contributed by atoms with Gasteiger partial charge in [0.25, 0.3) is 0 Å². The number of benzene rings is 1. The molecule has 0 saturated carbocycles. The summed E-state index contributed by atoms with van der Waals surface area (Å²) in [5, 5.41) is 3.26. The summed E-state index contributed by atoms with van der Waals surface area (Å²) in [6.07, 6.45) is 5.99. The van der Waals surface area contributed by atoms with Crippen LogP contribution in [0.15, 0.2) is 35.1 Å². The van der Waals surface area contributed by atoms with E-state index < -0.39 is 0 Å². The molecule has 0 aliphatic rings. The third-order valence-electron chi connectivity index (χ3n) is 3.35. The van der Waals surface area contributed by atoms with Crippen LogP contribution in [0.3, 0.4) is 0 Å². The maximum Gasteiger partial charge on any atom is 0.113 e. The molecule has 2 aromatic rings. The molecule has 0 radical (unpaired) electrons. The smallest absolute Gasteiger partial charge is 0.113 e. The predicted molar refractivity (Wildman–Crippen MR) is 82.7 cm³/mol. The minimum Gasteiger partial charge on any atom is -0.313 e. The highest BCUT2D eigenvalue weighted by atomic mass is 79.9. The molecule has 0 aliphatic heterocycles. The van der Waals surface area contributed by atoms with Crippen LogP contribution in [-0.4, -0.2) is 16.6 Å². The van der Waals surface area contributed by atoms with Crippen molar-refractivity contribution in [3.8, 4) is 5.69 Å². The normalized spacial score (nSPS) is 12.6. The van der Waals surface area contributed by atoms with Crippen LogP contribution in [0, 0.1) is 0 Å². The molecule has 0 aliphatic carbocycles. The van der Waals surface area contributed by atoms with Crippen LogP contribution < -0.4 is 5.32 Å². The van der Waals surface area contributed by atoms with Crippen LogP contribution >= 0.6 is 15.9 Å². The molecule has 1 atom stereocenters. The average Bonchev–Trinajstić information content (AvgIpc) is 2.86. The molecule has 0 fully saturated rings. The fourth-order valence-corrected chi connectivity index (χ4v) is 2.86. The lowest BCUT2D eigenvalue weighted by atomic mass is 10.1. The van der Waals surface area contributed by atoms with Crippen molar-refractivity contribution in [2.45, 2.75) is 32.7 Å². The second-order valence-corrected chi connectivity index (χ2v) is 5.53. The quantitative estimate of drug-likeness (QED) is 0.906. The number of nitrogens with one attached hydrogen (secondary N) is 1. The molecule has 3 nitrogen and oxygen atoms in total. The first-order chi connectivity index (χ1) is 9.17. The fraction of sp³-hybridized carbons (Fsp3) is 0.400. The first-order valence-corrected chi connectivity index (χ1v) is 7.46. The van der Waals surface area contributed by atoms with Gasteiger partial charge in [-0.15, -0.1) is 0 Å². The Morgan fingerprint density at radius 3 is 2.84 bits per heavy atom. The summed E-state index contributed by atoms with van der Waals surface area (Å²) in [5.74, 6) is 1.11. The van der Waals surface area contributed by atoms with Crippen LogP contribution in [-0.2, 0) is 6.42 Å². The van der Waals surface area contributed by atoms with Crippen molar-refractivity contribution in [2.24, 2.45) is 0 Å². The molecule has 19 heavy (non-hydrogen) atoms. The SMILES string of the molecule is CCCc1nccn1-c1ccc(C(C)NC)c(Br)c1. The number of halogens is 1. The Morgan fingerprint density at radius 2 is 2.21 bits per heavy atom. The summed E-state index contributed by atoms with van der Waals surface area (Å²) in [4.78, 5) is 4.42. The Kier molecular flexibility index (Phi) is 4.77. The highest BCUT2D eigenvalue weighted by Gasteiger charge is 2.10. The standard InChI is InChI=1S/C15H20BrN3/c1-4-5-15-18-8-9-19(15)12-6-7-13(11(2)17-3)14(16)10-12/h6-11,17H,4-5H2,1-3H3. The zero-order valence-corrected chi connectivity index (χ0v) is 13.2. The lowest BCUT2D eigenvalue weighted by Gasteiger charge is -2.15. The fourth-order valence-electron chi connectivity index (χ4n) is 2.15. The summed E-state index contributed by atoms with van der Waals surface area (Å²) in [5.41, 5.74) is 2.42. The van der Waals surface area contributed by atoms with Gasteiger partial charge in [0.15, 0.2) is 0 Å². The highest BCUT2D eigenvalue weighted by Crippen LogP contribution is 2.26. The molecule has 4 heteroatoms. The van der Waals surface area contributed by atoms with Crippen molar-refractivity contribution in [1.29, 1.82) is 0 Å². The zero-order valence-electron chi connectivity index (χ0n) is 11.7. The van der Waals surface area contributed by atoms with E-state index in [0.29, 0.717) is 6.04 Å². The van der Waals surface area contributed by atoms with Gasteiger partial charge in [0.05, 0.1) is 0 Å². The van der Waals surface area contributed by atoms with E-state index in [0.717, 1.165) is 28.8 Å². The zero-order chi connectivity index (χ0) is 13.8. The van der Waals surface area contributed by atoms with Gasteiger partial charge < -0.3 is 9.88 Å². The van der Waals surface area contributed by atoms with Crippen LogP contribution in [0.1, 0.15) is 37.7 Å². The van der Waals surface area contributed by atoms with Crippen LogP contribution in [0.4, 0.5) is 0 Å². The van der Waals surface area contributed by atoms with E-state index in [1.807, 2.05) is 19.4 Å². The molecule has 0 bridgehead atoms. The van der Waals surface area contributed by atoms with Gasteiger partial charge in [-0.25, -0.2) is 4.98 Å². The topological polar surface area (TPSA) is 29.9 Å². The van der Waals surface area contributed by atoms with Gasteiger partial charge in [0, 0.05) is 35.0 Å².